The number of rotatable bonds is 1. The minimum absolute atomic E-state index is 0.0263. The number of nitrogens with two attached hydrogens (primary N) is 1. The van der Waals surface area contributed by atoms with Crippen LogP contribution in [0.5, 0.6) is 0 Å². The Bertz CT molecular complexity index is 944. The van der Waals surface area contributed by atoms with E-state index in [2.05, 4.69) is 22.9 Å². The summed E-state index contributed by atoms with van der Waals surface area (Å²) in [5.74, 6) is -2.21. The van der Waals surface area contributed by atoms with Crippen molar-refractivity contribution in [2.75, 3.05) is 18.8 Å². The smallest absolute Gasteiger partial charge is 0.238 e. The number of hydrogen-bond donors (Lipinski definition) is 3. The molecule has 0 spiro atoms. The van der Waals surface area contributed by atoms with Gasteiger partial charge in [-0.15, -0.1) is 5.10 Å². The van der Waals surface area contributed by atoms with E-state index in [0.29, 0.717) is 0 Å². The van der Waals surface area contributed by atoms with Gasteiger partial charge in [-0.1, -0.05) is 12.8 Å². The molecule has 0 saturated carbocycles. The van der Waals surface area contributed by atoms with Crippen LogP contribution in [0.4, 0.5) is 19.1 Å². The number of thiol groups is 1. The Balaban J connectivity index is 0.000000221. The number of anilines is 1. The quantitative estimate of drug-likeness (QED) is 0.550. The van der Waals surface area contributed by atoms with Gasteiger partial charge >= 0.3 is 0 Å². The average Bonchev–Trinajstić information content (AvgIpc) is 2.91. The molecule has 144 valence electrons. The molecule has 10 heteroatoms. The first kappa shape index (κ1) is 19.5. The molecule has 1 aliphatic heterocycles. The number of nitrogens with zero attached hydrogens (tertiary/aromatic N) is 4. The molecule has 3 aromatic rings. The van der Waals surface area contributed by atoms with Crippen LogP contribution in [0.3, 0.4) is 0 Å². The zero-order chi connectivity index (χ0) is 19.6. The highest BCUT2D eigenvalue weighted by atomic mass is 32.1. The molecule has 4 rings (SSSR count). The van der Waals surface area contributed by atoms with Crippen molar-refractivity contribution < 1.29 is 18.3 Å². The fraction of sp³-hybridized carbons (Fsp3) is 0.294. The van der Waals surface area contributed by atoms with Crippen molar-refractivity contribution in [1.29, 1.82) is 0 Å². The number of halogens is 3. The van der Waals surface area contributed by atoms with E-state index in [1.54, 1.807) is 0 Å². The van der Waals surface area contributed by atoms with Crippen LogP contribution in [-0.2, 0) is 0 Å². The normalized spacial score (nSPS) is 17.6. The molecule has 0 aliphatic carbocycles. The fourth-order valence-electron chi connectivity index (χ4n) is 2.79. The highest BCUT2D eigenvalue weighted by Crippen LogP contribution is 2.27. The van der Waals surface area contributed by atoms with Gasteiger partial charge in [0.2, 0.25) is 5.95 Å². The van der Waals surface area contributed by atoms with Gasteiger partial charge in [0.15, 0.2) is 5.82 Å². The number of hydrogen-bond acceptors (Lipinski definition) is 6. The summed E-state index contributed by atoms with van der Waals surface area (Å²) in [6.07, 6.45) is 3.07. The summed E-state index contributed by atoms with van der Waals surface area (Å²) in [4.78, 5) is 3.66. The summed E-state index contributed by atoms with van der Waals surface area (Å²) in [7, 11) is 0. The molecule has 3 N–H and O–H groups in total. The number of benzene rings is 1. The lowest BCUT2D eigenvalue weighted by Gasteiger charge is -2.24. The first-order valence-electron chi connectivity index (χ1n) is 8.22. The molecular formula is C17H18F3N5OS. The highest BCUT2D eigenvalue weighted by molar-refractivity contribution is 7.77. The van der Waals surface area contributed by atoms with Crippen molar-refractivity contribution in [3.63, 3.8) is 0 Å². The van der Waals surface area contributed by atoms with Crippen LogP contribution in [0.15, 0.2) is 30.5 Å². The van der Waals surface area contributed by atoms with E-state index in [0.717, 1.165) is 48.6 Å². The summed E-state index contributed by atoms with van der Waals surface area (Å²) in [5.41, 5.74) is 5.65. The van der Waals surface area contributed by atoms with Crippen LogP contribution < -0.4 is 5.73 Å². The predicted molar refractivity (Wildman–Crippen MR) is 98.5 cm³/mol. The molecule has 0 radical (unpaired) electrons. The topological polar surface area (TPSA) is 79.7 Å². The van der Waals surface area contributed by atoms with Gasteiger partial charge in [0.1, 0.15) is 17.2 Å². The molecule has 1 unspecified atom stereocenters. The molecule has 1 atom stereocenters. The van der Waals surface area contributed by atoms with Gasteiger partial charge < -0.3 is 10.8 Å². The first-order chi connectivity index (χ1) is 12.8. The number of nitrogen functional groups attached to an aromatic ring is 1. The van der Waals surface area contributed by atoms with E-state index < -0.39 is 17.5 Å². The zero-order valence-electron chi connectivity index (χ0n) is 14.2. The van der Waals surface area contributed by atoms with Crippen molar-refractivity contribution in [2.24, 2.45) is 0 Å². The van der Waals surface area contributed by atoms with Crippen LogP contribution in [0.2, 0.25) is 0 Å². The van der Waals surface area contributed by atoms with Gasteiger partial charge in [0.05, 0.1) is 18.0 Å². The van der Waals surface area contributed by atoms with E-state index >= 15 is 0 Å². The molecule has 3 heterocycles. The zero-order valence-corrected chi connectivity index (χ0v) is 15.1. The Morgan fingerprint density at radius 2 is 1.96 bits per heavy atom. The van der Waals surface area contributed by atoms with Gasteiger partial charge in [-0.3, -0.25) is 4.31 Å². The number of fused-ring (bicyclic) bond motifs is 1. The maximum atomic E-state index is 13.7. The molecule has 1 aromatic carbocycles. The maximum absolute atomic E-state index is 13.7. The Kier molecular flexibility index (Phi) is 5.88. The lowest BCUT2D eigenvalue weighted by molar-refractivity contribution is 0.113. The van der Waals surface area contributed by atoms with E-state index in [9.17, 15) is 13.2 Å². The van der Waals surface area contributed by atoms with Crippen LogP contribution in [0, 0.1) is 17.5 Å². The van der Waals surface area contributed by atoms with E-state index in [1.807, 2.05) is 4.31 Å². The third kappa shape index (κ3) is 4.52. The molecule has 27 heavy (non-hydrogen) atoms. The summed E-state index contributed by atoms with van der Waals surface area (Å²) >= 11 is 4.09. The maximum Gasteiger partial charge on any atom is 0.238 e. The van der Waals surface area contributed by atoms with Gasteiger partial charge in [0, 0.05) is 30.8 Å². The van der Waals surface area contributed by atoms with Gasteiger partial charge in [-0.25, -0.2) is 22.7 Å². The van der Waals surface area contributed by atoms with E-state index in [-0.39, 0.29) is 28.8 Å². The van der Waals surface area contributed by atoms with Crippen LogP contribution in [-0.4, -0.2) is 43.2 Å². The van der Waals surface area contributed by atoms with Crippen molar-refractivity contribution in [3.05, 3.63) is 47.9 Å². The second-order valence-electron chi connectivity index (χ2n) is 6.12. The number of aliphatic hydroxyl groups excluding tert-OH is 1. The molecular weight excluding hydrogens is 379 g/mol. The lowest BCUT2D eigenvalue weighted by Crippen LogP contribution is -2.31. The van der Waals surface area contributed by atoms with E-state index in [1.165, 1.54) is 12.3 Å². The second kappa shape index (κ2) is 8.15. The second-order valence-corrected chi connectivity index (χ2v) is 6.69. The van der Waals surface area contributed by atoms with Gasteiger partial charge in [0.25, 0.3) is 0 Å². The van der Waals surface area contributed by atoms with Crippen molar-refractivity contribution in [1.82, 2.24) is 18.9 Å². The van der Waals surface area contributed by atoms with Crippen molar-refractivity contribution in [3.8, 4) is 11.3 Å². The number of aliphatic hydroxyl groups is 1. The number of aromatic nitrogens is 3. The third-order valence-electron chi connectivity index (χ3n) is 4.07. The molecule has 6 nitrogen and oxygen atoms in total. The van der Waals surface area contributed by atoms with Crippen LogP contribution in [0.1, 0.15) is 12.8 Å². The Morgan fingerprint density at radius 3 is 2.59 bits per heavy atom. The van der Waals surface area contributed by atoms with Gasteiger partial charge in [-0.05, 0) is 25.0 Å². The molecule has 1 saturated heterocycles. The minimum Gasteiger partial charge on any atom is -0.392 e. The monoisotopic (exact) mass is 397 g/mol. The summed E-state index contributed by atoms with van der Waals surface area (Å²) < 4.78 is 43.3. The fourth-order valence-corrected chi connectivity index (χ4v) is 3.12. The minimum atomic E-state index is -0.809. The summed E-state index contributed by atoms with van der Waals surface area (Å²) in [6.45, 7) is 1.74. The number of β-amino-alcohol motifs (C(OH)–C–C–N with tert-alkyl or cyclic N) is 1. The highest BCUT2D eigenvalue weighted by Gasteiger charge is 2.16. The molecule has 2 aromatic heterocycles. The van der Waals surface area contributed by atoms with Gasteiger partial charge in [-0.2, -0.15) is 0 Å². The summed E-state index contributed by atoms with van der Waals surface area (Å²) in [6, 6.07) is 4.11. The SMILES string of the molecule is Nc1ncc2c(F)cc(-c3ccc(F)cc3F)n2n1.OC1CCCN(S)C1. The average molecular weight is 397 g/mol. The Labute approximate surface area is 159 Å². The number of piperidine rings is 1. The first-order valence-corrected chi connectivity index (χ1v) is 8.62. The summed E-state index contributed by atoms with van der Waals surface area (Å²) in [5, 5.41) is 12.8. The third-order valence-corrected chi connectivity index (χ3v) is 4.43. The van der Waals surface area contributed by atoms with Crippen molar-refractivity contribution >= 4 is 24.3 Å². The standard InChI is InChI=1S/C12H7F3N4.C5H11NOS/c13-6-1-2-7(8(14)3-6)10-4-9(15)11-5-17-12(16)18-19(10)11;7-5-2-1-3-6(8)4-5/h1-5H,(H2,16,18);5,7-8H,1-4H2. The molecule has 1 fully saturated rings. The Hall–Kier alpha value is -2.30. The van der Waals surface area contributed by atoms with Crippen LogP contribution in [0.25, 0.3) is 16.8 Å². The molecule has 0 bridgehead atoms. The molecule has 1 aliphatic rings. The molecule has 0 amide bonds. The predicted octanol–water partition coefficient (Wildman–Crippen LogP) is 2.68. The largest absolute Gasteiger partial charge is 0.392 e. The Morgan fingerprint density at radius 1 is 1.19 bits per heavy atom. The van der Waals surface area contributed by atoms with E-state index in [4.69, 9.17) is 10.8 Å². The lowest BCUT2D eigenvalue weighted by atomic mass is 10.1. The van der Waals surface area contributed by atoms with Crippen molar-refractivity contribution in [2.45, 2.75) is 18.9 Å². The van der Waals surface area contributed by atoms with Crippen LogP contribution >= 0.6 is 12.8 Å².